The number of anilines is 2. The lowest BCUT2D eigenvalue weighted by Crippen LogP contribution is -2.05. The van der Waals surface area contributed by atoms with Crippen molar-refractivity contribution in [1.29, 1.82) is 0 Å². The molecule has 0 saturated heterocycles. The number of aromatic nitrogens is 5. The Morgan fingerprint density at radius 3 is 2.85 bits per heavy atom. The predicted molar refractivity (Wildman–Crippen MR) is 78.1 cm³/mol. The van der Waals surface area contributed by atoms with Crippen LogP contribution in [-0.2, 0) is 13.6 Å². The summed E-state index contributed by atoms with van der Waals surface area (Å²) in [7, 11) is 1.90. The van der Waals surface area contributed by atoms with Gasteiger partial charge in [-0.25, -0.2) is 0 Å². The lowest BCUT2D eigenvalue weighted by molar-refractivity contribution is 0.813. The quantitative estimate of drug-likeness (QED) is 0.755. The van der Waals surface area contributed by atoms with E-state index in [2.05, 4.69) is 24.9 Å². The fourth-order valence-electron chi connectivity index (χ4n) is 1.85. The molecule has 3 N–H and O–H groups in total. The third-order valence-corrected chi connectivity index (χ3v) is 3.72. The molecule has 0 aliphatic rings. The molecule has 0 aliphatic carbocycles. The van der Waals surface area contributed by atoms with Crippen molar-refractivity contribution in [3.63, 3.8) is 0 Å². The normalized spacial score (nSPS) is 10.7. The molecule has 0 saturated carbocycles. The molecule has 3 heterocycles. The topological polar surface area (TPSA) is 94.5 Å². The van der Waals surface area contributed by atoms with Crippen molar-refractivity contribution >= 4 is 22.4 Å². The van der Waals surface area contributed by atoms with Crippen LogP contribution in [0.5, 0.6) is 0 Å². The first-order valence-electron chi connectivity index (χ1n) is 5.98. The number of nitrogen functional groups attached to an aromatic ring is 1. The summed E-state index contributed by atoms with van der Waals surface area (Å²) in [6.45, 7) is 0.566. The van der Waals surface area contributed by atoms with E-state index in [0.29, 0.717) is 12.4 Å². The smallest absolute Gasteiger partial charge is 0.151 e. The van der Waals surface area contributed by atoms with Gasteiger partial charge < -0.3 is 15.6 Å². The molecule has 102 valence electrons. The maximum atomic E-state index is 5.96. The molecular formula is C12H13N7S. The van der Waals surface area contributed by atoms with Crippen LogP contribution in [0.15, 0.2) is 30.9 Å². The molecule has 0 aliphatic heterocycles. The maximum Gasteiger partial charge on any atom is 0.151 e. The summed E-state index contributed by atoms with van der Waals surface area (Å²) in [4.78, 5) is 4.01. The minimum Gasteiger partial charge on any atom is -0.382 e. The van der Waals surface area contributed by atoms with Gasteiger partial charge in [0.15, 0.2) is 5.82 Å². The second-order valence-electron chi connectivity index (χ2n) is 4.22. The highest BCUT2D eigenvalue weighted by molar-refractivity contribution is 7.11. The van der Waals surface area contributed by atoms with Crippen molar-refractivity contribution in [2.75, 3.05) is 11.1 Å². The van der Waals surface area contributed by atoms with Crippen LogP contribution in [0.1, 0.15) is 5.82 Å². The summed E-state index contributed by atoms with van der Waals surface area (Å²) in [6, 6.07) is 3.82. The van der Waals surface area contributed by atoms with Crippen LogP contribution in [0.2, 0.25) is 0 Å². The number of hydrogen-bond donors (Lipinski definition) is 2. The van der Waals surface area contributed by atoms with Gasteiger partial charge in [-0.1, -0.05) is 0 Å². The zero-order valence-electron chi connectivity index (χ0n) is 10.8. The molecule has 0 radical (unpaired) electrons. The first-order valence-corrected chi connectivity index (χ1v) is 6.75. The standard InChI is InChI=1S/C12H13N7S/c1-19-7-16-17-9(19)6-15-12-10(11(13)18-20-12)8-2-4-14-5-3-8/h2-5,7,15H,6H2,1H3,(H2,13,18). The number of nitrogens with two attached hydrogens (primary N) is 1. The van der Waals surface area contributed by atoms with Crippen LogP contribution < -0.4 is 11.1 Å². The number of aryl methyl sites for hydroxylation is 1. The number of pyridine rings is 1. The molecule has 8 heteroatoms. The summed E-state index contributed by atoms with van der Waals surface area (Å²) >= 11 is 1.33. The van der Waals surface area contributed by atoms with E-state index in [9.17, 15) is 0 Å². The zero-order valence-corrected chi connectivity index (χ0v) is 11.6. The lowest BCUT2D eigenvalue weighted by atomic mass is 10.1. The van der Waals surface area contributed by atoms with E-state index >= 15 is 0 Å². The van der Waals surface area contributed by atoms with Gasteiger partial charge in [-0.05, 0) is 29.2 Å². The average molecular weight is 287 g/mol. The highest BCUT2D eigenvalue weighted by Crippen LogP contribution is 2.36. The average Bonchev–Trinajstić information content (AvgIpc) is 3.03. The van der Waals surface area contributed by atoms with Gasteiger partial charge in [0, 0.05) is 19.4 Å². The van der Waals surface area contributed by atoms with Gasteiger partial charge in [0.2, 0.25) is 0 Å². The maximum absolute atomic E-state index is 5.96. The number of rotatable bonds is 4. The Kier molecular flexibility index (Phi) is 3.30. The first kappa shape index (κ1) is 12.5. The van der Waals surface area contributed by atoms with Gasteiger partial charge in [0.1, 0.15) is 17.1 Å². The summed E-state index contributed by atoms with van der Waals surface area (Å²) < 4.78 is 6.07. The fraction of sp³-hybridized carbons (Fsp3) is 0.167. The molecule has 0 spiro atoms. The van der Waals surface area contributed by atoms with Crippen molar-refractivity contribution < 1.29 is 0 Å². The molecule has 3 rings (SSSR count). The van der Waals surface area contributed by atoms with Crippen molar-refractivity contribution in [3.8, 4) is 11.1 Å². The van der Waals surface area contributed by atoms with E-state index < -0.39 is 0 Å². The zero-order chi connectivity index (χ0) is 13.9. The summed E-state index contributed by atoms with van der Waals surface area (Å²) in [6.07, 6.45) is 5.14. The largest absolute Gasteiger partial charge is 0.382 e. The third kappa shape index (κ3) is 2.32. The van der Waals surface area contributed by atoms with E-state index in [1.165, 1.54) is 11.5 Å². The van der Waals surface area contributed by atoms with Crippen molar-refractivity contribution in [2.45, 2.75) is 6.54 Å². The van der Waals surface area contributed by atoms with Crippen molar-refractivity contribution in [3.05, 3.63) is 36.7 Å². The Morgan fingerprint density at radius 2 is 2.15 bits per heavy atom. The highest BCUT2D eigenvalue weighted by Gasteiger charge is 2.14. The van der Waals surface area contributed by atoms with Crippen LogP contribution in [0.4, 0.5) is 10.8 Å². The first-order chi connectivity index (χ1) is 9.75. The van der Waals surface area contributed by atoms with Gasteiger partial charge in [-0.2, -0.15) is 4.37 Å². The van der Waals surface area contributed by atoms with E-state index in [4.69, 9.17) is 5.73 Å². The molecule has 0 atom stereocenters. The third-order valence-electron chi connectivity index (χ3n) is 2.90. The molecule has 0 bridgehead atoms. The van der Waals surface area contributed by atoms with Gasteiger partial charge in [0.05, 0.1) is 12.1 Å². The Morgan fingerprint density at radius 1 is 1.35 bits per heavy atom. The van der Waals surface area contributed by atoms with Gasteiger partial charge in [-0.15, -0.1) is 10.2 Å². The van der Waals surface area contributed by atoms with Crippen molar-refractivity contribution in [2.24, 2.45) is 7.05 Å². The van der Waals surface area contributed by atoms with Crippen LogP contribution >= 0.6 is 11.5 Å². The number of hydrogen-bond acceptors (Lipinski definition) is 7. The Bertz CT molecular complexity index is 704. The van der Waals surface area contributed by atoms with Crippen LogP contribution in [0.3, 0.4) is 0 Å². The molecule has 3 aromatic rings. The van der Waals surface area contributed by atoms with E-state index in [1.54, 1.807) is 18.7 Å². The minimum absolute atomic E-state index is 0.515. The number of nitrogens with one attached hydrogen (secondary N) is 1. The Balaban J connectivity index is 1.86. The SMILES string of the molecule is Cn1cnnc1CNc1snc(N)c1-c1ccncc1. The van der Waals surface area contributed by atoms with E-state index in [0.717, 1.165) is 22.0 Å². The predicted octanol–water partition coefficient (Wildman–Crippen LogP) is 1.53. The van der Waals surface area contributed by atoms with E-state index in [1.807, 2.05) is 23.7 Å². The summed E-state index contributed by atoms with van der Waals surface area (Å²) in [5.41, 5.74) is 7.85. The summed E-state index contributed by atoms with van der Waals surface area (Å²) in [5.74, 6) is 1.36. The molecule has 0 aromatic carbocycles. The van der Waals surface area contributed by atoms with Crippen LogP contribution in [0.25, 0.3) is 11.1 Å². The van der Waals surface area contributed by atoms with Gasteiger partial charge in [0.25, 0.3) is 0 Å². The molecule has 3 aromatic heterocycles. The van der Waals surface area contributed by atoms with E-state index in [-0.39, 0.29) is 0 Å². The second-order valence-corrected chi connectivity index (χ2v) is 4.99. The Labute approximate surface area is 119 Å². The Hall–Kier alpha value is -2.48. The molecular weight excluding hydrogens is 274 g/mol. The minimum atomic E-state index is 0.515. The molecule has 20 heavy (non-hydrogen) atoms. The lowest BCUT2D eigenvalue weighted by Gasteiger charge is -2.06. The van der Waals surface area contributed by atoms with Crippen molar-refractivity contribution in [1.82, 2.24) is 24.1 Å². The van der Waals surface area contributed by atoms with Gasteiger partial charge >= 0.3 is 0 Å². The molecule has 7 nitrogen and oxygen atoms in total. The molecule has 0 amide bonds. The molecule has 0 fully saturated rings. The van der Waals surface area contributed by atoms with Crippen LogP contribution in [-0.4, -0.2) is 24.1 Å². The van der Waals surface area contributed by atoms with Crippen LogP contribution in [0, 0.1) is 0 Å². The highest BCUT2D eigenvalue weighted by atomic mass is 32.1. The fourth-order valence-corrected chi connectivity index (χ4v) is 2.58. The molecule has 0 unspecified atom stereocenters. The second kappa shape index (κ2) is 5.25. The summed E-state index contributed by atoms with van der Waals surface area (Å²) in [5, 5.41) is 12.1. The number of nitrogens with zero attached hydrogens (tertiary/aromatic N) is 5. The van der Waals surface area contributed by atoms with Gasteiger partial charge in [-0.3, -0.25) is 4.98 Å². The monoisotopic (exact) mass is 287 g/mol.